The number of hydrogen-bond donors (Lipinski definition) is 0. The number of hydrogen-bond acceptors (Lipinski definition) is 2. The van der Waals surface area contributed by atoms with Crippen molar-refractivity contribution in [2.24, 2.45) is 0 Å². The van der Waals surface area contributed by atoms with Crippen molar-refractivity contribution < 1.29 is 4.79 Å². The normalized spacial score (nSPS) is 10.4. The quantitative estimate of drug-likeness (QED) is 0.824. The lowest BCUT2D eigenvalue weighted by Crippen LogP contribution is -2.26. The maximum Gasteiger partial charge on any atom is 0.254 e. The second-order valence-corrected chi connectivity index (χ2v) is 5.50. The molecular formula is C15H17NOS. The van der Waals surface area contributed by atoms with E-state index in [1.165, 1.54) is 10.4 Å². The first kappa shape index (κ1) is 12.8. The van der Waals surface area contributed by atoms with E-state index in [2.05, 4.69) is 18.4 Å². The number of amides is 1. The van der Waals surface area contributed by atoms with Crippen molar-refractivity contribution in [2.75, 3.05) is 7.05 Å². The minimum absolute atomic E-state index is 0.0842. The van der Waals surface area contributed by atoms with E-state index in [1.54, 1.807) is 16.2 Å². The minimum atomic E-state index is 0.0842. The number of carbonyl (C=O) groups excluding carboxylic acids is 1. The zero-order chi connectivity index (χ0) is 13.1. The fourth-order valence-corrected chi connectivity index (χ4v) is 2.83. The van der Waals surface area contributed by atoms with Crippen LogP contribution in [0.3, 0.4) is 0 Å². The van der Waals surface area contributed by atoms with Crippen LogP contribution in [0, 0.1) is 13.8 Å². The number of aryl methyl sites for hydroxylation is 2. The number of carbonyl (C=O) groups is 1. The molecule has 1 heterocycles. The van der Waals surface area contributed by atoms with E-state index in [0.717, 1.165) is 11.1 Å². The van der Waals surface area contributed by atoms with Crippen LogP contribution in [0.25, 0.3) is 0 Å². The third-order valence-corrected chi connectivity index (χ3v) is 4.08. The summed E-state index contributed by atoms with van der Waals surface area (Å²) >= 11 is 1.70. The van der Waals surface area contributed by atoms with E-state index < -0.39 is 0 Å². The van der Waals surface area contributed by atoms with Gasteiger partial charge in [0.1, 0.15) is 0 Å². The van der Waals surface area contributed by atoms with Crippen molar-refractivity contribution in [2.45, 2.75) is 20.4 Å². The van der Waals surface area contributed by atoms with Crippen LogP contribution >= 0.6 is 11.3 Å². The van der Waals surface area contributed by atoms with Crippen LogP contribution in [0.15, 0.2) is 35.7 Å². The molecule has 2 nitrogen and oxygen atoms in total. The summed E-state index contributed by atoms with van der Waals surface area (Å²) in [5.74, 6) is 0.0842. The van der Waals surface area contributed by atoms with Crippen LogP contribution in [0.1, 0.15) is 26.4 Å². The maximum atomic E-state index is 12.3. The number of nitrogens with zero attached hydrogens (tertiary/aromatic N) is 1. The Kier molecular flexibility index (Phi) is 3.82. The molecule has 0 unspecified atom stereocenters. The Morgan fingerprint density at radius 3 is 2.50 bits per heavy atom. The predicted octanol–water partition coefficient (Wildman–Crippen LogP) is 3.64. The second kappa shape index (κ2) is 5.36. The average molecular weight is 259 g/mol. The van der Waals surface area contributed by atoms with Crippen molar-refractivity contribution in [3.8, 4) is 0 Å². The molecule has 0 aliphatic rings. The van der Waals surface area contributed by atoms with E-state index >= 15 is 0 Å². The second-order valence-electron chi connectivity index (χ2n) is 4.50. The van der Waals surface area contributed by atoms with E-state index in [1.807, 2.05) is 38.2 Å². The summed E-state index contributed by atoms with van der Waals surface area (Å²) in [5, 5.41) is 2.07. The monoisotopic (exact) mass is 259 g/mol. The van der Waals surface area contributed by atoms with E-state index in [0.29, 0.717) is 6.54 Å². The van der Waals surface area contributed by atoms with Crippen molar-refractivity contribution in [3.05, 3.63) is 57.3 Å². The third kappa shape index (κ3) is 2.62. The fraction of sp³-hybridized carbons (Fsp3) is 0.267. The lowest BCUT2D eigenvalue weighted by atomic mass is 10.1. The highest BCUT2D eigenvalue weighted by molar-refractivity contribution is 7.10. The maximum absolute atomic E-state index is 12.3. The van der Waals surface area contributed by atoms with Crippen LogP contribution in [0.2, 0.25) is 0 Å². The van der Waals surface area contributed by atoms with Gasteiger partial charge in [0.25, 0.3) is 5.91 Å². The molecule has 2 aromatic rings. The lowest BCUT2D eigenvalue weighted by Gasteiger charge is -2.18. The molecule has 0 radical (unpaired) electrons. The van der Waals surface area contributed by atoms with Gasteiger partial charge in [0.2, 0.25) is 0 Å². The van der Waals surface area contributed by atoms with Crippen LogP contribution in [-0.4, -0.2) is 17.9 Å². The molecule has 18 heavy (non-hydrogen) atoms. The Labute approximate surface area is 112 Å². The largest absolute Gasteiger partial charge is 0.337 e. The number of thiophene rings is 1. The summed E-state index contributed by atoms with van der Waals surface area (Å²) in [6.07, 6.45) is 0. The first-order chi connectivity index (χ1) is 8.59. The van der Waals surface area contributed by atoms with Crippen molar-refractivity contribution in [1.29, 1.82) is 0 Å². The molecule has 3 heteroatoms. The SMILES string of the molecule is Cc1ccccc1C(=O)N(C)Cc1sccc1C. The number of benzene rings is 1. The highest BCUT2D eigenvalue weighted by Crippen LogP contribution is 2.19. The van der Waals surface area contributed by atoms with Gasteiger partial charge >= 0.3 is 0 Å². The summed E-state index contributed by atoms with van der Waals surface area (Å²) in [6.45, 7) is 4.73. The molecule has 94 valence electrons. The summed E-state index contributed by atoms with van der Waals surface area (Å²) in [4.78, 5) is 15.4. The Hall–Kier alpha value is -1.61. The van der Waals surface area contributed by atoms with E-state index in [4.69, 9.17) is 0 Å². The fourth-order valence-electron chi connectivity index (χ4n) is 1.87. The Morgan fingerprint density at radius 2 is 1.89 bits per heavy atom. The molecule has 1 amide bonds. The topological polar surface area (TPSA) is 20.3 Å². The lowest BCUT2D eigenvalue weighted by molar-refractivity contribution is 0.0785. The van der Waals surface area contributed by atoms with Gasteiger partial charge in [0.15, 0.2) is 0 Å². The molecule has 0 spiro atoms. The zero-order valence-electron chi connectivity index (χ0n) is 10.9. The summed E-state index contributed by atoms with van der Waals surface area (Å²) in [6, 6.07) is 9.80. The first-order valence-corrected chi connectivity index (χ1v) is 6.81. The molecule has 2 rings (SSSR count). The van der Waals surface area contributed by atoms with Crippen LogP contribution in [0.5, 0.6) is 0 Å². The Morgan fingerprint density at radius 1 is 1.17 bits per heavy atom. The average Bonchev–Trinajstić information content (AvgIpc) is 2.75. The van der Waals surface area contributed by atoms with Gasteiger partial charge in [-0.05, 0) is 42.5 Å². The molecule has 0 aliphatic carbocycles. The molecule has 0 bridgehead atoms. The van der Waals surface area contributed by atoms with Gasteiger partial charge in [-0.15, -0.1) is 11.3 Å². The molecule has 1 aromatic heterocycles. The summed E-state index contributed by atoms with van der Waals surface area (Å²) in [7, 11) is 1.86. The standard InChI is InChI=1S/C15H17NOS/c1-11-6-4-5-7-13(11)15(17)16(3)10-14-12(2)8-9-18-14/h4-9H,10H2,1-3H3. The Balaban J connectivity index is 2.15. The number of rotatable bonds is 3. The predicted molar refractivity (Wildman–Crippen MR) is 76.0 cm³/mol. The van der Waals surface area contributed by atoms with Crippen molar-refractivity contribution >= 4 is 17.2 Å². The molecule has 0 aliphatic heterocycles. The van der Waals surface area contributed by atoms with Crippen LogP contribution in [0.4, 0.5) is 0 Å². The van der Waals surface area contributed by atoms with Gasteiger partial charge in [-0.2, -0.15) is 0 Å². The third-order valence-electron chi connectivity index (χ3n) is 3.07. The molecule has 0 saturated heterocycles. The van der Waals surface area contributed by atoms with E-state index in [-0.39, 0.29) is 5.91 Å². The smallest absolute Gasteiger partial charge is 0.254 e. The van der Waals surface area contributed by atoms with E-state index in [9.17, 15) is 4.79 Å². The van der Waals surface area contributed by atoms with Gasteiger partial charge < -0.3 is 4.90 Å². The molecular weight excluding hydrogens is 242 g/mol. The van der Waals surface area contributed by atoms with Gasteiger partial charge in [0.05, 0.1) is 6.54 Å². The van der Waals surface area contributed by atoms with Gasteiger partial charge in [-0.25, -0.2) is 0 Å². The van der Waals surface area contributed by atoms with Gasteiger partial charge in [0, 0.05) is 17.5 Å². The van der Waals surface area contributed by atoms with Crippen LogP contribution in [-0.2, 0) is 6.54 Å². The highest BCUT2D eigenvalue weighted by Gasteiger charge is 2.14. The molecule has 0 atom stereocenters. The molecule has 0 fully saturated rings. The molecule has 1 aromatic carbocycles. The molecule has 0 N–H and O–H groups in total. The molecule has 0 saturated carbocycles. The first-order valence-electron chi connectivity index (χ1n) is 5.93. The van der Waals surface area contributed by atoms with Crippen LogP contribution < -0.4 is 0 Å². The summed E-state index contributed by atoms with van der Waals surface area (Å²) in [5.41, 5.74) is 3.07. The van der Waals surface area contributed by atoms with Crippen molar-refractivity contribution in [1.82, 2.24) is 4.90 Å². The highest BCUT2D eigenvalue weighted by atomic mass is 32.1. The summed E-state index contributed by atoms with van der Waals surface area (Å²) < 4.78 is 0. The minimum Gasteiger partial charge on any atom is -0.337 e. The van der Waals surface area contributed by atoms with Gasteiger partial charge in [-0.1, -0.05) is 18.2 Å². The van der Waals surface area contributed by atoms with Crippen molar-refractivity contribution in [3.63, 3.8) is 0 Å². The Bertz CT molecular complexity index is 559. The zero-order valence-corrected chi connectivity index (χ0v) is 11.8. The van der Waals surface area contributed by atoms with Gasteiger partial charge in [-0.3, -0.25) is 4.79 Å².